The molecule has 0 fully saturated rings. The fourth-order valence-electron chi connectivity index (χ4n) is 2.79. The van der Waals surface area contributed by atoms with Gasteiger partial charge in [-0.1, -0.05) is 23.7 Å². The third-order valence-corrected chi connectivity index (χ3v) is 4.35. The van der Waals surface area contributed by atoms with Crippen LogP contribution in [0.3, 0.4) is 0 Å². The summed E-state index contributed by atoms with van der Waals surface area (Å²) < 4.78 is 5.84. The van der Waals surface area contributed by atoms with E-state index in [1.807, 2.05) is 23.1 Å². The molecule has 126 valence electrons. The summed E-state index contributed by atoms with van der Waals surface area (Å²) in [5.41, 5.74) is 2.43. The molecule has 0 aliphatic carbocycles. The number of benzene rings is 1. The van der Waals surface area contributed by atoms with Crippen LogP contribution < -0.4 is 15.2 Å². The predicted octanol–water partition coefficient (Wildman–Crippen LogP) is 2.69. The Labute approximate surface area is 144 Å². The van der Waals surface area contributed by atoms with E-state index in [0.29, 0.717) is 38.2 Å². The molecule has 0 radical (unpaired) electrons. The number of ether oxygens (including phenoxy) is 1. The molecule has 1 aromatic heterocycles. The van der Waals surface area contributed by atoms with Crippen molar-refractivity contribution in [2.45, 2.75) is 32.9 Å². The largest absolute Gasteiger partial charge is 0.493 e. The number of carbonyl (C=O) groups is 1. The number of carbonyl (C=O) groups excluding carboxylic acids is 1. The number of ketones is 1. The normalized spacial score (nSPS) is 13.0. The highest BCUT2D eigenvalue weighted by Gasteiger charge is 2.25. The number of fused-ring (bicyclic) bond motifs is 1. The van der Waals surface area contributed by atoms with Crippen LogP contribution in [0.1, 0.15) is 30.9 Å². The third kappa shape index (κ3) is 3.43. The predicted molar refractivity (Wildman–Crippen MR) is 91.6 cm³/mol. The Morgan fingerprint density at radius 2 is 2.25 bits per heavy atom. The number of H-pyrrole nitrogens is 1. The van der Waals surface area contributed by atoms with Crippen molar-refractivity contribution in [3.8, 4) is 5.75 Å². The number of rotatable bonds is 6. The second-order valence-electron chi connectivity index (χ2n) is 5.80. The monoisotopic (exact) mass is 347 g/mol. The van der Waals surface area contributed by atoms with Gasteiger partial charge in [-0.05, 0) is 25.0 Å². The number of aromatic amines is 1. The summed E-state index contributed by atoms with van der Waals surface area (Å²) in [7, 11) is 0. The summed E-state index contributed by atoms with van der Waals surface area (Å²) >= 11 is 6.10. The maximum atomic E-state index is 11.6. The molecule has 0 unspecified atom stereocenters. The number of halogens is 1. The first-order valence-corrected chi connectivity index (χ1v) is 8.15. The van der Waals surface area contributed by atoms with Crippen LogP contribution in [0.5, 0.6) is 5.75 Å². The first kappa shape index (κ1) is 16.5. The molecular weight excluding hydrogens is 330 g/mol. The highest BCUT2D eigenvalue weighted by molar-refractivity contribution is 6.33. The van der Waals surface area contributed by atoms with Gasteiger partial charge < -0.3 is 14.4 Å². The number of anilines is 1. The van der Waals surface area contributed by atoms with Gasteiger partial charge >= 0.3 is 0 Å². The van der Waals surface area contributed by atoms with Crippen molar-refractivity contribution in [1.82, 2.24) is 10.2 Å². The van der Waals surface area contributed by atoms with Gasteiger partial charge in [-0.15, -0.1) is 0 Å². The van der Waals surface area contributed by atoms with Gasteiger partial charge in [-0.3, -0.25) is 4.79 Å². The van der Waals surface area contributed by atoms with Crippen LogP contribution in [0.15, 0.2) is 29.2 Å². The van der Waals surface area contributed by atoms with Gasteiger partial charge in [0.05, 0.1) is 18.5 Å². The van der Waals surface area contributed by atoms with Crippen molar-refractivity contribution in [2.75, 3.05) is 11.5 Å². The Hall–Kier alpha value is -2.34. The Morgan fingerprint density at radius 1 is 1.42 bits per heavy atom. The van der Waals surface area contributed by atoms with Crippen molar-refractivity contribution < 1.29 is 9.53 Å². The number of nitrogens with one attached hydrogen (secondary N) is 1. The van der Waals surface area contributed by atoms with Crippen molar-refractivity contribution in [1.29, 1.82) is 0 Å². The van der Waals surface area contributed by atoms with Crippen molar-refractivity contribution >= 4 is 23.1 Å². The molecule has 1 aliphatic rings. The Balaban J connectivity index is 1.75. The van der Waals surface area contributed by atoms with Crippen LogP contribution in [-0.2, 0) is 17.9 Å². The molecule has 24 heavy (non-hydrogen) atoms. The number of hydrogen-bond acceptors (Lipinski definition) is 5. The van der Waals surface area contributed by atoms with E-state index in [-0.39, 0.29) is 10.8 Å². The van der Waals surface area contributed by atoms with Gasteiger partial charge in [0.25, 0.3) is 5.56 Å². The van der Waals surface area contributed by atoms with Crippen molar-refractivity contribution in [2.24, 2.45) is 0 Å². The van der Waals surface area contributed by atoms with E-state index in [2.05, 4.69) is 10.2 Å². The Bertz CT molecular complexity index is 819. The summed E-state index contributed by atoms with van der Waals surface area (Å²) in [6.07, 6.45) is 2.78. The Morgan fingerprint density at radius 3 is 3.04 bits per heavy atom. The lowest BCUT2D eigenvalue weighted by atomic mass is 10.1. The average molecular weight is 348 g/mol. The van der Waals surface area contributed by atoms with Crippen LogP contribution in [-0.4, -0.2) is 22.6 Å². The van der Waals surface area contributed by atoms with Crippen LogP contribution in [0, 0.1) is 0 Å². The minimum Gasteiger partial charge on any atom is -0.493 e. The number of Topliss-reactive ketones (excluding diaryl/α,β-unsaturated/α-hetero) is 1. The van der Waals surface area contributed by atoms with E-state index in [4.69, 9.17) is 16.3 Å². The van der Waals surface area contributed by atoms with Gasteiger partial charge in [-0.25, -0.2) is 5.10 Å². The maximum Gasteiger partial charge on any atom is 0.285 e. The quantitative estimate of drug-likeness (QED) is 0.813. The average Bonchev–Trinajstić information content (AvgIpc) is 2.98. The zero-order chi connectivity index (χ0) is 17.1. The molecule has 1 N–H and O–H groups in total. The molecule has 7 heteroatoms. The van der Waals surface area contributed by atoms with E-state index in [1.54, 1.807) is 13.1 Å². The van der Waals surface area contributed by atoms with E-state index in [9.17, 15) is 9.59 Å². The molecule has 0 saturated carbocycles. The van der Waals surface area contributed by atoms with E-state index >= 15 is 0 Å². The molecular formula is C17H18ClN3O3. The molecule has 0 atom stereocenters. The van der Waals surface area contributed by atoms with Gasteiger partial charge in [0.15, 0.2) is 0 Å². The standard InChI is InChI=1S/C17H18ClN3O3/c1-11(22)4-3-7-24-15-6-2-5-12-9-21(10-13(12)15)14-8-19-20-17(23)16(14)18/h2,5-6,8H,3-4,7,9-10H2,1H3,(H,20,23). The van der Waals surface area contributed by atoms with Gasteiger partial charge in [-0.2, -0.15) is 5.10 Å². The van der Waals surface area contributed by atoms with E-state index in [0.717, 1.165) is 16.9 Å². The van der Waals surface area contributed by atoms with Crippen LogP contribution in [0.4, 0.5) is 5.69 Å². The number of aromatic nitrogens is 2. The first-order valence-electron chi connectivity index (χ1n) is 7.77. The zero-order valence-corrected chi connectivity index (χ0v) is 14.1. The molecule has 0 spiro atoms. The lowest BCUT2D eigenvalue weighted by Gasteiger charge is -2.18. The molecule has 2 heterocycles. The molecule has 1 aromatic carbocycles. The molecule has 0 amide bonds. The number of nitrogens with zero attached hydrogens (tertiary/aromatic N) is 2. The maximum absolute atomic E-state index is 11.6. The molecule has 3 rings (SSSR count). The topological polar surface area (TPSA) is 75.3 Å². The van der Waals surface area contributed by atoms with Crippen LogP contribution in [0.25, 0.3) is 0 Å². The molecule has 0 bridgehead atoms. The first-order chi connectivity index (χ1) is 11.6. The lowest BCUT2D eigenvalue weighted by Crippen LogP contribution is -2.20. The second-order valence-corrected chi connectivity index (χ2v) is 6.18. The van der Waals surface area contributed by atoms with Crippen molar-refractivity contribution in [3.63, 3.8) is 0 Å². The molecule has 0 saturated heterocycles. The minimum atomic E-state index is -0.397. The molecule has 6 nitrogen and oxygen atoms in total. The molecule has 1 aliphatic heterocycles. The summed E-state index contributed by atoms with van der Waals surface area (Å²) in [6.45, 7) is 3.33. The van der Waals surface area contributed by atoms with Gasteiger partial charge in [0, 0.05) is 25.1 Å². The van der Waals surface area contributed by atoms with Crippen LogP contribution >= 0.6 is 11.6 Å². The van der Waals surface area contributed by atoms with Crippen molar-refractivity contribution in [3.05, 3.63) is 50.9 Å². The fraction of sp³-hybridized carbons (Fsp3) is 0.353. The second kappa shape index (κ2) is 7.05. The smallest absolute Gasteiger partial charge is 0.285 e. The lowest BCUT2D eigenvalue weighted by molar-refractivity contribution is -0.117. The highest BCUT2D eigenvalue weighted by Crippen LogP contribution is 2.35. The van der Waals surface area contributed by atoms with Gasteiger partial charge in [0.1, 0.15) is 16.6 Å². The van der Waals surface area contributed by atoms with E-state index in [1.165, 1.54) is 0 Å². The summed E-state index contributed by atoms with van der Waals surface area (Å²) in [5.74, 6) is 0.979. The third-order valence-electron chi connectivity index (χ3n) is 3.99. The zero-order valence-electron chi connectivity index (χ0n) is 13.3. The summed E-state index contributed by atoms with van der Waals surface area (Å²) in [5, 5.41) is 6.29. The minimum absolute atomic E-state index is 0.140. The van der Waals surface area contributed by atoms with E-state index < -0.39 is 5.56 Å². The SMILES string of the molecule is CC(=O)CCCOc1cccc2c1CN(c1cn[nH]c(=O)c1Cl)C2. The Kier molecular flexibility index (Phi) is 4.85. The summed E-state index contributed by atoms with van der Waals surface area (Å²) in [4.78, 5) is 24.6. The summed E-state index contributed by atoms with van der Waals surface area (Å²) in [6, 6.07) is 5.90. The number of hydrogen-bond donors (Lipinski definition) is 1. The molecule has 2 aromatic rings. The fourth-order valence-corrected chi connectivity index (χ4v) is 3.01. The van der Waals surface area contributed by atoms with Crippen LogP contribution in [0.2, 0.25) is 5.02 Å². The highest BCUT2D eigenvalue weighted by atomic mass is 35.5. The van der Waals surface area contributed by atoms with Gasteiger partial charge in [0.2, 0.25) is 0 Å².